The average molecular weight is 930 g/mol. The van der Waals surface area contributed by atoms with Gasteiger partial charge in [-0.3, -0.25) is 0 Å². The van der Waals surface area contributed by atoms with E-state index in [-0.39, 0.29) is 16.2 Å². The van der Waals surface area contributed by atoms with Gasteiger partial charge in [0.25, 0.3) is 0 Å². The van der Waals surface area contributed by atoms with Crippen molar-refractivity contribution in [3.8, 4) is 11.1 Å². The van der Waals surface area contributed by atoms with E-state index in [1.807, 2.05) is 0 Å². The van der Waals surface area contributed by atoms with Crippen LogP contribution in [0.5, 0.6) is 0 Å². The molecule has 0 spiro atoms. The van der Waals surface area contributed by atoms with E-state index >= 15 is 0 Å². The van der Waals surface area contributed by atoms with Gasteiger partial charge in [-0.2, -0.15) is 0 Å². The molecule has 1 aliphatic rings. The SMILES string of the molecule is CCN(CC)CCCN(CCCCCCC1(CCCCCCN(CCCN(CC)CC)CCCN(CC)CC)c2cc(C(C)(C)C)ccc2-c2ccc(C(C)(C)C)cc21)CCCN(CC)CC. The van der Waals surface area contributed by atoms with Crippen LogP contribution in [0, 0.1) is 0 Å². The van der Waals surface area contributed by atoms with E-state index in [0.29, 0.717) is 0 Å². The van der Waals surface area contributed by atoms with Crippen molar-refractivity contribution in [1.82, 2.24) is 29.4 Å². The molecule has 67 heavy (non-hydrogen) atoms. The second kappa shape index (κ2) is 31.5. The Kier molecular flexibility index (Phi) is 28.0. The maximum absolute atomic E-state index is 2.82. The van der Waals surface area contributed by atoms with Crippen molar-refractivity contribution in [2.24, 2.45) is 0 Å². The summed E-state index contributed by atoms with van der Waals surface area (Å²) in [6.07, 6.45) is 18.2. The van der Waals surface area contributed by atoms with Crippen LogP contribution < -0.4 is 0 Å². The highest BCUT2D eigenvalue weighted by molar-refractivity contribution is 5.82. The molecular formula is C61H112N6. The fourth-order valence-electron chi connectivity index (χ4n) is 11.2. The Morgan fingerprint density at radius 2 is 0.567 bits per heavy atom. The Morgan fingerprint density at radius 1 is 0.313 bits per heavy atom. The third-order valence-electron chi connectivity index (χ3n) is 16.1. The van der Waals surface area contributed by atoms with E-state index in [4.69, 9.17) is 0 Å². The minimum Gasteiger partial charge on any atom is -0.304 e. The van der Waals surface area contributed by atoms with Crippen LogP contribution in [0.25, 0.3) is 11.1 Å². The molecule has 0 saturated carbocycles. The number of nitrogens with zero attached hydrogens (tertiary/aromatic N) is 6. The van der Waals surface area contributed by atoms with Gasteiger partial charge in [-0.05, 0) is 213 Å². The quantitative estimate of drug-likeness (QED) is 0.0621. The lowest BCUT2D eigenvalue weighted by Gasteiger charge is -2.35. The van der Waals surface area contributed by atoms with Crippen molar-refractivity contribution in [3.05, 3.63) is 58.7 Å². The number of hydrogen-bond donors (Lipinski definition) is 0. The molecule has 2 aromatic rings. The summed E-state index contributed by atoms with van der Waals surface area (Å²) in [5.74, 6) is 0. The molecule has 0 fully saturated rings. The summed E-state index contributed by atoms with van der Waals surface area (Å²) >= 11 is 0. The molecule has 0 heterocycles. The predicted octanol–water partition coefficient (Wildman–Crippen LogP) is 14.0. The Labute approximate surface area is 418 Å². The molecule has 1 aliphatic carbocycles. The van der Waals surface area contributed by atoms with Gasteiger partial charge in [-0.1, -0.05) is 172 Å². The van der Waals surface area contributed by atoms with Crippen LogP contribution in [0.1, 0.15) is 209 Å². The first kappa shape index (κ1) is 59.5. The third-order valence-corrected chi connectivity index (χ3v) is 16.1. The lowest BCUT2D eigenvalue weighted by atomic mass is 9.69. The summed E-state index contributed by atoms with van der Waals surface area (Å²) in [6.45, 7) is 54.6. The molecule has 2 aromatic carbocycles. The fraction of sp³-hybridized carbons (Fsp3) is 0.803. The van der Waals surface area contributed by atoms with Crippen molar-refractivity contribution >= 4 is 0 Å². The molecule has 6 nitrogen and oxygen atoms in total. The molecule has 0 aromatic heterocycles. The topological polar surface area (TPSA) is 19.4 Å². The van der Waals surface area contributed by atoms with Crippen LogP contribution in [0.4, 0.5) is 0 Å². The van der Waals surface area contributed by atoms with Gasteiger partial charge >= 0.3 is 0 Å². The van der Waals surface area contributed by atoms with E-state index in [2.05, 4.69) is 163 Å². The normalized spacial score (nSPS) is 14.0. The zero-order valence-corrected chi connectivity index (χ0v) is 47.3. The summed E-state index contributed by atoms with van der Waals surface area (Å²) < 4.78 is 0. The molecule has 0 atom stereocenters. The monoisotopic (exact) mass is 929 g/mol. The van der Waals surface area contributed by atoms with Crippen molar-refractivity contribution in [1.29, 1.82) is 0 Å². The summed E-state index contributed by atoms with van der Waals surface area (Å²) in [4.78, 5) is 16.0. The zero-order chi connectivity index (χ0) is 49.3. The van der Waals surface area contributed by atoms with Gasteiger partial charge < -0.3 is 29.4 Å². The standard InChI is InChI=1S/C61H112N6/c1-15-62(16-2)43-31-47-66(48-32-44-63(17-3)18-4)41-29-25-23-27-39-61(40-28-24-26-30-42-67(49-33-45-64(19-5)20-6)50-34-46-65(21-7)22-8)57-51-53(59(9,10)11)35-37-55(57)56-38-36-54(52-58(56)61)60(12,13)14/h35-38,51-52H,15-34,39-50H2,1-14H3. The Morgan fingerprint density at radius 3 is 0.836 bits per heavy atom. The van der Waals surface area contributed by atoms with Gasteiger partial charge in [0, 0.05) is 5.41 Å². The van der Waals surface area contributed by atoms with Crippen LogP contribution in [0.3, 0.4) is 0 Å². The lowest BCUT2D eigenvalue weighted by molar-refractivity contribution is 0.214. The van der Waals surface area contributed by atoms with Gasteiger partial charge in [0.2, 0.25) is 0 Å². The number of unbranched alkanes of at least 4 members (excludes halogenated alkanes) is 6. The van der Waals surface area contributed by atoms with E-state index in [1.165, 1.54) is 178 Å². The molecule has 6 heteroatoms. The first-order valence-electron chi connectivity index (χ1n) is 28.8. The van der Waals surface area contributed by atoms with Crippen molar-refractivity contribution in [2.45, 2.75) is 203 Å². The molecule has 0 saturated heterocycles. The Bertz CT molecular complexity index is 1420. The third kappa shape index (κ3) is 19.7. The minimum atomic E-state index is 0.0783. The van der Waals surface area contributed by atoms with Gasteiger partial charge in [0.1, 0.15) is 0 Å². The van der Waals surface area contributed by atoms with Crippen LogP contribution >= 0.6 is 0 Å². The van der Waals surface area contributed by atoms with Crippen molar-refractivity contribution in [3.63, 3.8) is 0 Å². The second-order valence-corrected chi connectivity index (χ2v) is 22.6. The molecule has 386 valence electrons. The van der Waals surface area contributed by atoms with Crippen LogP contribution in [-0.2, 0) is 16.2 Å². The Hall–Kier alpha value is -1.80. The second-order valence-electron chi connectivity index (χ2n) is 22.6. The van der Waals surface area contributed by atoms with Gasteiger partial charge in [-0.25, -0.2) is 0 Å². The number of hydrogen-bond acceptors (Lipinski definition) is 6. The van der Waals surface area contributed by atoms with Crippen molar-refractivity contribution in [2.75, 3.05) is 118 Å². The first-order valence-corrected chi connectivity index (χ1v) is 28.8. The molecule has 3 rings (SSSR count). The van der Waals surface area contributed by atoms with Crippen LogP contribution in [0.2, 0.25) is 0 Å². The van der Waals surface area contributed by atoms with Crippen molar-refractivity contribution < 1.29 is 0 Å². The fourth-order valence-corrected chi connectivity index (χ4v) is 11.2. The summed E-state index contributed by atoms with van der Waals surface area (Å²) in [7, 11) is 0. The number of rotatable bonds is 38. The van der Waals surface area contributed by atoms with E-state index < -0.39 is 0 Å². The zero-order valence-electron chi connectivity index (χ0n) is 47.3. The molecule has 0 aliphatic heterocycles. The highest BCUT2D eigenvalue weighted by atomic mass is 15.2. The summed E-state index contributed by atoms with van der Waals surface area (Å²) in [5.41, 5.74) is 9.61. The smallest absolute Gasteiger partial charge is 0.0215 e. The van der Waals surface area contributed by atoms with E-state index in [0.717, 1.165) is 52.4 Å². The molecular weight excluding hydrogens is 817 g/mol. The van der Waals surface area contributed by atoms with Crippen LogP contribution in [0.15, 0.2) is 36.4 Å². The number of benzene rings is 2. The predicted molar refractivity (Wildman–Crippen MR) is 299 cm³/mol. The van der Waals surface area contributed by atoms with Crippen LogP contribution in [-0.4, -0.2) is 147 Å². The minimum absolute atomic E-state index is 0.0783. The highest BCUT2D eigenvalue weighted by Gasteiger charge is 2.43. The largest absolute Gasteiger partial charge is 0.304 e. The summed E-state index contributed by atoms with van der Waals surface area (Å²) in [6, 6.07) is 15.3. The molecule has 0 bridgehead atoms. The lowest BCUT2D eigenvalue weighted by Crippen LogP contribution is -2.33. The Balaban J connectivity index is 1.79. The maximum atomic E-state index is 2.82. The highest BCUT2D eigenvalue weighted by Crippen LogP contribution is 2.55. The van der Waals surface area contributed by atoms with Gasteiger partial charge in [-0.15, -0.1) is 0 Å². The average Bonchev–Trinajstić information content (AvgIpc) is 3.58. The molecule has 0 amide bonds. The van der Waals surface area contributed by atoms with Gasteiger partial charge in [0.05, 0.1) is 0 Å². The summed E-state index contributed by atoms with van der Waals surface area (Å²) in [5, 5.41) is 0. The number of fused-ring (bicyclic) bond motifs is 3. The first-order chi connectivity index (χ1) is 32.1. The maximum Gasteiger partial charge on any atom is 0.0215 e. The van der Waals surface area contributed by atoms with Gasteiger partial charge in [0.15, 0.2) is 0 Å². The van der Waals surface area contributed by atoms with E-state index in [1.54, 1.807) is 11.1 Å². The molecule has 0 radical (unpaired) electrons. The molecule has 0 N–H and O–H groups in total. The molecule has 0 unspecified atom stereocenters. The van der Waals surface area contributed by atoms with E-state index in [9.17, 15) is 0 Å².